The summed E-state index contributed by atoms with van der Waals surface area (Å²) in [5.41, 5.74) is 1.48. The number of para-hydroxylation sites is 1. The van der Waals surface area contributed by atoms with E-state index in [2.05, 4.69) is 20.5 Å². The highest BCUT2D eigenvalue weighted by Gasteiger charge is 2.11. The van der Waals surface area contributed by atoms with Crippen LogP contribution in [0.1, 0.15) is 25.1 Å². The van der Waals surface area contributed by atoms with Gasteiger partial charge in [-0.05, 0) is 31.9 Å². The Morgan fingerprint density at radius 2 is 2.15 bits per heavy atom. The van der Waals surface area contributed by atoms with E-state index in [1.165, 1.54) is 0 Å². The maximum atomic E-state index is 11.8. The van der Waals surface area contributed by atoms with Crippen LogP contribution in [-0.4, -0.2) is 32.8 Å². The summed E-state index contributed by atoms with van der Waals surface area (Å²) in [6.07, 6.45) is 1.70. The number of rotatable bonds is 6. The number of aromatic amines is 1. The zero-order valence-corrected chi connectivity index (χ0v) is 11.4. The molecule has 6 heteroatoms. The van der Waals surface area contributed by atoms with E-state index in [9.17, 15) is 4.79 Å². The van der Waals surface area contributed by atoms with Crippen LogP contribution in [0.2, 0.25) is 0 Å². The van der Waals surface area contributed by atoms with E-state index in [1.54, 1.807) is 0 Å². The van der Waals surface area contributed by atoms with Gasteiger partial charge < -0.3 is 10.4 Å². The molecule has 20 heavy (non-hydrogen) atoms. The Hall–Kier alpha value is -2.21. The number of nitrogens with zero attached hydrogens (tertiary/aromatic N) is 2. The number of H-pyrrole nitrogens is 1. The van der Waals surface area contributed by atoms with Crippen LogP contribution in [0, 0.1) is 6.92 Å². The average molecular weight is 274 g/mol. The third-order valence-electron chi connectivity index (χ3n) is 2.85. The topological polar surface area (TPSA) is 90.9 Å². The normalized spacial score (nSPS) is 10.5. The standard InChI is InChI=1S/C14H18N4O2/c1-10-15-14(18-17-10)11-6-2-3-7-12(11)16-13(20)8-4-5-9-19/h2-3,6-7,19H,4-5,8-9H2,1H3,(H,16,20)(H,15,17,18). The van der Waals surface area contributed by atoms with Crippen LogP contribution in [0.25, 0.3) is 11.4 Å². The van der Waals surface area contributed by atoms with Gasteiger partial charge >= 0.3 is 0 Å². The molecule has 0 bridgehead atoms. The molecule has 1 aromatic heterocycles. The first kappa shape index (κ1) is 14.2. The van der Waals surface area contributed by atoms with Gasteiger partial charge in [0.2, 0.25) is 5.91 Å². The minimum Gasteiger partial charge on any atom is -0.396 e. The zero-order valence-electron chi connectivity index (χ0n) is 11.4. The fourth-order valence-electron chi connectivity index (χ4n) is 1.86. The number of aliphatic hydroxyl groups excluding tert-OH is 1. The maximum Gasteiger partial charge on any atom is 0.224 e. The summed E-state index contributed by atoms with van der Waals surface area (Å²) in [5.74, 6) is 1.22. The molecule has 0 saturated carbocycles. The SMILES string of the molecule is Cc1nc(-c2ccccc2NC(=O)CCCCO)n[nH]1. The van der Waals surface area contributed by atoms with Crippen molar-refractivity contribution >= 4 is 11.6 Å². The van der Waals surface area contributed by atoms with E-state index in [1.807, 2.05) is 31.2 Å². The number of aromatic nitrogens is 3. The molecule has 2 rings (SSSR count). The number of amides is 1. The van der Waals surface area contributed by atoms with Crippen molar-refractivity contribution in [3.8, 4) is 11.4 Å². The van der Waals surface area contributed by atoms with Gasteiger partial charge in [0.15, 0.2) is 5.82 Å². The van der Waals surface area contributed by atoms with E-state index in [0.29, 0.717) is 30.8 Å². The van der Waals surface area contributed by atoms with E-state index < -0.39 is 0 Å². The van der Waals surface area contributed by atoms with Gasteiger partial charge in [-0.15, -0.1) is 0 Å². The first-order valence-corrected chi connectivity index (χ1v) is 6.60. The number of nitrogens with one attached hydrogen (secondary N) is 2. The second kappa shape index (κ2) is 6.81. The van der Waals surface area contributed by atoms with Crippen LogP contribution in [0.3, 0.4) is 0 Å². The van der Waals surface area contributed by atoms with Crippen LogP contribution < -0.4 is 5.32 Å². The fourth-order valence-corrected chi connectivity index (χ4v) is 1.86. The summed E-state index contributed by atoms with van der Waals surface area (Å²) >= 11 is 0. The van der Waals surface area contributed by atoms with Gasteiger partial charge in [0, 0.05) is 18.6 Å². The van der Waals surface area contributed by atoms with Gasteiger partial charge in [-0.2, -0.15) is 5.10 Å². The highest BCUT2D eigenvalue weighted by molar-refractivity contribution is 5.94. The highest BCUT2D eigenvalue weighted by Crippen LogP contribution is 2.24. The van der Waals surface area contributed by atoms with Crippen LogP contribution in [0.15, 0.2) is 24.3 Å². The first-order chi connectivity index (χ1) is 9.70. The Labute approximate surface area is 117 Å². The molecule has 106 valence electrons. The van der Waals surface area contributed by atoms with Crippen LogP contribution >= 0.6 is 0 Å². The Morgan fingerprint density at radius 1 is 1.35 bits per heavy atom. The molecule has 6 nitrogen and oxygen atoms in total. The van der Waals surface area contributed by atoms with Crippen molar-refractivity contribution in [3.63, 3.8) is 0 Å². The molecule has 0 fully saturated rings. The molecule has 1 heterocycles. The van der Waals surface area contributed by atoms with Gasteiger partial charge in [0.25, 0.3) is 0 Å². The lowest BCUT2D eigenvalue weighted by atomic mass is 10.1. The van der Waals surface area contributed by atoms with Crippen LogP contribution in [-0.2, 0) is 4.79 Å². The van der Waals surface area contributed by atoms with Crippen molar-refractivity contribution in [1.29, 1.82) is 0 Å². The van der Waals surface area contributed by atoms with Crippen molar-refractivity contribution in [3.05, 3.63) is 30.1 Å². The zero-order chi connectivity index (χ0) is 14.4. The van der Waals surface area contributed by atoms with Gasteiger partial charge in [-0.1, -0.05) is 12.1 Å². The second-order valence-corrected chi connectivity index (χ2v) is 4.52. The second-order valence-electron chi connectivity index (χ2n) is 4.52. The van der Waals surface area contributed by atoms with Crippen molar-refractivity contribution in [2.75, 3.05) is 11.9 Å². The molecule has 0 atom stereocenters. The summed E-state index contributed by atoms with van der Waals surface area (Å²) in [4.78, 5) is 16.1. The van der Waals surface area contributed by atoms with E-state index >= 15 is 0 Å². The lowest BCUT2D eigenvalue weighted by Crippen LogP contribution is -2.12. The first-order valence-electron chi connectivity index (χ1n) is 6.60. The fraction of sp³-hybridized carbons (Fsp3) is 0.357. The van der Waals surface area contributed by atoms with Crippen molar-refractivity contribution in [2.24, 2.45) is 0 Å². The molecule has 3 N–H and O–H groups in total. The molecule has 0 aliphatic heterocycles. The average Bonchev–Trinajstić information content (AvgIpc) is 2.86. The molecule has 0 radical (unpaired) electrons. The Kier molecular flexibility index (Phi) is 4.84. The number of anilines is 1. The van der Waals surface area contributed by atoms with E-state index in [-0.39, 0.29) is 12.5 Å². The predicted molar refractivity (Wildman–Crippen MR) is 76.1 cm³/mol. The van der Waals surface area contributed by atoms with E-state index in [0.717, 1.165) is 11.4 Å². The Bertz CT molecular complexity index is 580. The van der Waals surface area contributed by atoms with Crippen LogP contribution in [0.4, 0.5) is 5.69 Å². The number of benzene rings is 1. The lowest BCUT2D eigenvalue weighted by Gasteiger charge is -2.08. The van der Waals surface area contributed by atoms with Crippen molar-refractivity contribution < 1.29 is 9.90 Å². The quantitative estimate of drug-likeness (QED) is 0.701. The summed E-state index contributed by atoms with van der Waals surface area (Å²) in [7, 11) is 0. The molecular weight excluding hydrogens is 256 g/mol. The maximum absolute atomic E-state index is 11.8. The Morgan fingerprint density at radius 3 is 2.85 bits per heavy atom. The molecule has 1 amide bonds. The number of hydrogen-bond donors (Lipinski definition) is 3. The van der Waals surface area contributed by atoms with Gasteiger partial charge in [-0.3, -0.25) is 9.89 Å². The molecule has 2 aromatic rings. The summed E-state index contributed by atoms with van der Waals surface area (Å²) < 4.78 is 0. The van der Waals surface area contributed by atoms with Gasteiger partial charge in [0.1, 0.15) is 5.82 Å². The number of unbranched alkanes of at least 4 members (excludes halogenated alkanes) is 1. The molecular formula is C14H18N4O2. The molecule has 0 unspecified atom stereocenters. The van der Waals surface area contributed by atoms with E-state index in [4.69, 9.17) is 5.11 Å². The van der Waals surface area contributed by atoms with Crippen molar-refractivity contribution in [1.82, 2.24) is 15.2 Å². The third kappa shape index (κ3) is 3.64. The number of aryl methyl sites for hydroxylation is 1. The summed E-state index contributed by atoms with van der Waals surface area (Å²) in [6, 6.07) is 7.42. The smallest absolute Gasteiger partial charge is 0.224 e. The summed E-state index contributed by atoms with van der Waals surface area (Å²) in [5, 5.41) is 18.5. The van der Waals surface area contributed by atoms with Crippen molar-refractivity contribution in [2.45, 2.75) is 26.2 Å². The van der Waals surface area contributed by atoms with Gasteiger partial charge in [-0.25, -0.2) is 4.98 Å². The number of carbonyl (C=O) groups is 1. The molecule has 0 spiro atoms. The highest BCUT2D eigenvalue weighted by atomic mass is 16.3. The number of hydrogen-bond acceptors (Lipinski definition) is 4. The lowest BCUT2D eigenvalue weighted by molar-refractivity contribution is -0.116. The molecule has 0 aliphatic carbocycles. The van der Waals surface area contributed by atoms with Gasteiger partial charge in [0.05, 0.1) is 5.69 Å². The molecule has 0 saturated heterocycles. The minimum absolute atomic E-state index is 0.0712. The third-order valence-corrected chi connectivity index (χ3v) is 2.85. The number of carbonyl (C=O) groups excluding carboxylic acids is 1. The predicted octanol–water partition coefficient (Wildman–Crippen LogP) is 1.88. The van der Waals surface area contributed by atoms with Crippen LogP contribution in [0.5, 0.6) is 0 Å². The molecule has 0 aliphatic rings. The summed E-state index contributed by atoms with van der Waals surface area (Å²) in [6.45, 7) is 1.94. The Balaban J connectivity index is 2.10. The monoisotopic (exact) mass is 274 g/mol. The molecule has 1 aromatic carbocycles. The largest absolute Gasteiger partial charge is 0.396 e. The number of aliphatic hydroxyl groups is 1. The minimum atomic E-state index is -0.0712.